The Bertz CT molecular complexity index is 85.4. The van der Waals surface area contributed by atoms with Crippen LogP contribution in [0.2, 0.25) is 0 Å². The van der Waals surface area contributed by atoms with Gasteiger partial charge >= 0.3 is 0 Å². The van der Waals surface area contributed by atoms with E-state index in [0.29, 0.717) is 0 Å². The van der Waals surface area contributed by atoms with Crippen molar-refractivity contribution in [3.05, 3.63) is 0 Å². The molecule has 0 aromatic rings. The third kappa shape index (κ3) is 2.58. The van der Waals surface area contributed by atoms with E-state index in [2.05, 4.69) is 12.6 Å². The maximum atomic E-state index is 9.95. The first-order valence-corrected chi connectivity index (χ1v) is 1.99. The van der Waals surface area contributed by atoms with Gasteiger partial charge in [0.15, 0.2) is 5.79 Å². The predicted molar refractivity (Wildman–Crippen MR) is 29.3 cm³/mol. The van der Waals surface area contributed by atoms with Gasteiger partial charge in [-0.15, -0.1) is 12.6 Å². The summed E-state index contributed by atoms with van der Waals surface area (Å²) in [5.74, 6) is -1.77. The fourth-order valence-corrected chi connectivity index (χ4v) is 0. The van der Waals surface area contributed by atoms with Gasteiger partial charge < -0.3 is 0 Å². The van der Waals surface area contributed by atoms with Crippen LogP contribution in [0.4, 0.5) is 0 Å². The van der Waals surface area contributed by atoms with Gasteiger partial charge in [0.2, 0.25) is 5.12 Å². The zero-order chi connectivity index (χ0) is 6.08. The highest BCUT2D eigenvalue weighted by molar-refractivity contribution is 7.96. The maximum absolute atomic E-state index is 9.95. The van der Waals surface area contributed by atoms with Gasteiger partial charge in [0, 0.05) is 0 Å². The molecular formula is C2H7N3OS. The molecule has 0 amide bonds. The molecule has 0 aliphatic heterocycles. The Morgan fingerprint density at radius 3 is 1.57 bits per heavy atom. The molecule has 42 valence electrons. The van der Waals surface area contributed by atoms with Crippen molar-refractivity contribution in [1.82, 2.24) is 0 Å². The summed E-state index contributed by atoms with van der Waals surface area (Å²) in [6, 6.07) is 0. The summed E-state index contributed by atoms with van der Waals surface area (Å²) in [5.41, 5.74) is 14.4. The number of hydrogen-bond donors (Lipinski definition) is 4. The van der Waals surface area contributed by atoms with Crippen LogP contribution < -0.4 is 17.2 Å². The molecule has 0 aliphatic carbocycles. The van der Waals surface area contributed by atoms with Crippen LogP contribution in [0.5, 0.6) is 0 Å². The molecule has 6 N–H and O–H groups in total. The van der Waals surface area contributed by atoms with Crippen molar-refractivity contribution in [3.8, 4) is 0 Å². The SMILES string of the molecule is NC(N)(N)C(=O)S. The van der Waals surface area contributed by atoms with Crippen LogP contribution in [0.3, 0.4) is 0 Å². The first kappa shape index (κ1) is 6.90. The number of hydrogen-bond acceptors (Lipinski definition) is 4. The lowest BCUT2D eigenvalue weighted by Crippen LogP contribution is -2.62. The van der Waals surface area contributed by atoms with E-state index >= 15 is 0 Å². The summed E-state index contributed by atoms with van der Waals surface area (Å²) in [7, 11) is 0. The first-order chi connectivity index (χ1) is 2.94. The van der Waals surface area contributed by atoms with Gasteiger partial charge in [-0.2, -0.15) is 0 Å². The van der Waals surface area contributed by atoms with Crippen LogP contribution in [0.25, 0.3) is 0 Å². The second kappa shape index (κ2) is 1.79. The Balaban J connectivity index is 3.79. The van der Waals surface area contributed by atoms with Crippen molar-refractivity contribution < 1.29 is 4.79 Å². The smallest absolute Gasteiger partial charge is 0.235 e. The van der Waals surface area contributed by atoms with E-state index in [1.807, 2.05) is 0 Å². The van der Waals surface area contributed by atoms with E-state index in [1.54, 1.807) is 0 Å². The molecule has 0 rings (SSSR count). The molecule has 5 heteroatoms. The molecule has 0 unspecified atom stereocenters. The minimum absolute atomic E-state index is 0.729. The first-order valence-electron chi connectivity index (χ1n) is 1.54. The van der Waals surface area contributed by atoms with Crippen LogP contribution in [0.1, 0.15) is 0 Å². The lowest BCUT2D eigenvalue weighted by molar-refractivity contribution is -0.115. The second-order valence-corrected chi connectivity index (χ2v) is 1.64. The lowest BCUT2D eigenvalue weighted by Gasteiger charge is -2.10. The van der Waals surface area contributed by atoms with Crippen LogP contribution in [0, 0.1) is 0 Å². The molecule has 4 nitrogen and oxygen atoms in total. The fraction of sp³-hybridized carbons (Fsp3) is 0.500. The summed E-state index contributed by atoms with van der Waals surface area (Å²) in [4.78, 5) is 9.95. The molecule has 0 fully saturated rings. The van der Waals surface area contributed by atoms with Crippen molar-refractivity contribution in [2.45, 2.75) is 5.79 Å². The zero-order valence-electron chi connectivity index (χ0n) is 3.59. The van der Waals surface area contributed by atoms with Crippen molar-refractivity contribution >= 4 is 17.7 Å². The van der Waals surface area contributed by atoms with E-state index < -0.39 is 10.9 Å². The Labute approximate surface area is 46.4 Å². The summed E-state index contributed by atoms with van der Waals surface area (Å²) >= 11 is 3.26. The van der Waals surface area contributed by atoms with E-state index in [0.717, 1.165) is 0 Å². The summed E-state index contributed by atoms with van der Waals surface area (Å²) in [6.45, 7) is 0. The van der Waals surface area contributed by atoms with Crippen molar-refractivity contribution in [2.24, 2.45) is 17.2 Å². The Kier molecular flexibility index (Phi) is 1.76. The Morgan fingerprint density at radius 1 is 1.43 bits per heavy atom. The normalized spacial score (nSPS) is 11.4. The summed E-state index contributed by atoms with van der Waals surface area (Å²) in [6.07, 6.45) is 0. The predicted octanol–water partition coefficient (Wildman–Crippen LogP) is -2.03. The summed E-state index contributed by atoms with van der Waals surface area (Å²) in [5, 5.41) is -0.729. The molecule has 0 aliphatic rings. The quantitative estimate of drug-likeness (QED) is 0.238. The highest BCUT2D eigenvalue weighted by Crippen LogP contribution is 1.84. The van der Waals surface area contributed by atoms with E-state index in [-0.39, 0.29) is 0 Å². The number of rotatable bonds is 1. The molecule has 0 bridgehead atoms. The molecule has 0 radical (unpaired) electrons. The van der Waals surface area contributed by atoms with E-state index in [1.165, 1.54) is 0 Å². The van der Waals surface area contributed by atoms with Crippen molar-refractivity contribution in [3.63, 3.8) is 0 Å². The maximum Gasteiger partial charge on any atom is 0.235 e. The molecule has 0 aromatic carbocycles. The summed E-state index contributed by atoms with van der Waals surface area (Å²) < 4.78 is 0. The molecular weight excluding hydrogens is 114 g/mol. The van der Waals surface area contributed by atoms with Crippen LogP contribution >= 0.6 is 12.6 Å². The largest absolute Gasteiger partial charge is 0.294 e. The third-order valence-electron chi connectivity index (χ3n) is 0.370. The second-order valence-electron chi connectivity index (χ2n) is 1.24. The standard InChI is InChI=1S/C2H7N3OS/c3-2(4,5)1(6)7/h3-5H2,(H,6,7). The topological polar surface area (TPSA) is 95.1 Å². The Morgan fingerprint density at radius 2 is 1.57 bits per heavy atom. The number of nitrogens with two attached hydrogens (primary N) is 3. The van der Waals surface area contributed by atoms with E-state index in [4.69, 9.17) is 17.2 Å². The van der Waals surface area contributed by atoms with Crippen LogP contribution in [0.15, 0.2) is 0 Å². The van der Waals surface area contributed by atoms with Gasteiger partial charge in [0.25, 0.3) is 0 Å². The molecule has 0 spiro atoms. The highest BCUT2D eigenvalue weighted by atomic mass is 32.1. The number of carbonyl (C=O) groups is 1. The zero-order valence-corrected chi connectivity index (χ0v) is 4.48. The molecule has 0 atom stereocenters. The average Bonchev–Trinajstić information content (AvgIpc) is 1.31. The van der Waals surface area contributed by atoms with Gasteiger partial charge in [-0.3, -0.25) is 22.0 Å². The minimum Gasteiger partial charge on any atom is -0.294 e. The molecule has 0 saturated heterocycles. The fourth-order valence-electron chi connectivity index (χ4n) is 0. The van der Waals surface area contributed by atoms with Gasteiger partial charge in [0.05, 0.1) is 0 Å². The highest BCUT2D eigenvalue weighted by Gasteiger charge is 2.18. The number of thiol groups is 1. The Hall–Kier alpha value is -0.100. The van der Waals surface area contributed by atoms with Gasteiger partial charge in [0.1, 0.15) is 0 Å². The number of carbonyl (C=O) groups excluding carboxylic acids is 1. The van der Waals surface area contributed by atoms with Crippen LogP contribution in [-0.4, -0.2) is 10.9 Å². The average molecular weight is 121 g/mol. The van der Waals surface area contributed by atoms with Gasteiger partial charge in [-0.1, -0.05) is 0 Å². The van der Waals surface area contributed by atoms with Gasteiger partial charge in [-0.05, 0) is 0 Å². The molecule has 0 saturated carbocycles. The molecule has 7 heavy (non-hydrogen) atoms. The molecule has 0 aromatic heterocycles. The third-order valence-corrected chi connectivity index (χ3v) is 0.758. The van der Waals surface area contributed by atoms with Crippen LogP contribution in [-0.2, 0) is 4.79 Å². The minimum atomic E-state index is -1.77. The van der Waals surface area contributed by atoms with Crippen molar-refractivity contribution in [1.29, 1.82) is 0 Å². The van der Waals surface area contributed by atoms with E-state index in [9.17, 15) is 4.79 Å². The monoisotopic (exact) mass is 121 g/mol. The lowest BCUT2D eigenvalue weighted by atomic mass is 10.5. The van der Waals surface area contributed by atoms with Gasteiger partial charge in [-0.25, -0.2) is 0 Å². The van der Waals surface area contributed by atoms with Crippen molar-refractivity contribution in [2.75, 3.05) is 0 Å². The molecule has 0 heterocycles.